The van der Waals surface area contributed by atoms with Crippen LogP contribution in [0.3, 0.4) is 0 Å². The lowest BCUT2D eigenvalue weighted by Gasteiger charge is -2.09. The van der Waals surface area contributed by atoms with Gasteiger partial charge in [-0.05, 0) is 24.6 Å². The second-order valence-corrected chi connectivity index (χ2v) is 5.24. The van der Waals surface area contributed by atoms with E-state index < -0.39 is 0 Å². The Balaban J connectivity index is 2.38. The number of aryl methyl sites for hydroxylation is 1. The first-order chi connectivity index (χ1) is 9.52. The summed E-state index contributed by atoms with van der Waals surface area (Å²) in [6.07, 6.45) is 0.648. The maximum atomic E-state index is 11.9. The zero-order valence-corrected chi connectivity index (χ0v) is 12.4. The fourth-order valence-electron chi connectivity index (χ4n) is 2.03. The van der Waals surface area contributed by atoms with Crippen LogP contribution in [-0.4, -0.2) is 21.7 Å². The molecule has 1 aromatic carbocycles. The number of H-pyrrole nitrogens is 1. The van der Waals surface area contributed by atoms with Gasteiger partial charge in [-0.15, -0.1) is 0 Å². The summed E-state index contributed by atoms with van der Waals surface area (Å²) in [4.78, 5) is 19.0. The molecule has 0 saturated carbocycles. The van der Waals surface area contributed by atoms with Crippen LogP contribution in [-0.2, 0) is 12.8 Å². The molecule has 0 amide bonds. The molecular weight excluding hydrogens is 299 g/mol. The van der Waals surface area contributed by atoms with Gasteiger partial charge in [0, 0.05) is 40.8 Å². The van der Waals surface area contributed by atoms with Crippen LogP contribution in [0.1, 0.15) is 22.6 Å². The second-order valence-electron chi connectivity index (χ2n) is 4.43. The summed E-state index contributed by atoms with van der Waals surface area (Å²) in [5.41, 5.74) is 1.61. The minimum Gasteiger partial charge on any atom is -0.396 e. The Bertz CT molecular complexity index is 663. The maximum Gasteiger partial charge on any atom is 0.254 e. The van der Waals surface area contributed by atoms with E-state index in [9.17, 15) is 4.79 Å². The van der Waals surface area contributed by atoms with Crippen molar-refractivity contribution in [3.63, 3.8) is 0 Å². The highest BCUT2D eigenvalue weighted by Gasteiger charge is 2.11. The van der Waals surface area contributed by atoms with Crippen molar-refractivity contribution >= 4 is 23.2 Å². The van der Waals surface area contributed by atoms with Crippen molar-refractivity contribution in [3.05, 3.63) is 61.2 Å². The molecule has 0 saturated heterocycles. The lowest BCUT2D eigenvalue weighted by Crippen LogP contribution is -2.20. The summed E-state index contributed by atoms with van der Waals surface area (Å²) < 4.78 is 0. The lowest BCUT2D eigenvalue weighted by atomic mass is 10.1. The molecule has 1 heterocycles. The third-order valence-electron chi connectivity index (χ3n) is 3.04. The Morgan fingerprint density at radius 3 is 2.45 bits per heavy atom. The lowest BCUT2D eigenvalue weighted by molar-refractivity contribution is 0.298. The molecule has 0 unspecified atom stereocenters. The molecule has 4 nitrogen and oxygen atoms in total. The molecule has 20 heavy (non-hydrogen) atoms. The van der Waals surface area contributed by atoms with E-state index in [2.05, 4.69) is 9.97 Å². The van der Waals surface area contributed by atoms with Gasteiger partial charge in [-0.25, -0.2) is 4.98 Å². The Hall–Kier alpha value is -1.36. The zero-order chi connectivity index (χ0) is 14.7. The van der Waals surface area contributed by atoms with Crippen LogP contribution in [0.5, 0.6) is 0 Å². The van der Waals surface area contributed by atoms with Gasteiger partial charge in [0.25, 0.3) is 5.56 Å². The Morgan fingerprint density at radius 2 is 1.90 bits per heavy atom. The molecule has 0 atom stereocenters. The van der Waals surface area contributed by atoms with Crippen molar-refractivity contribution in [2.75, 3.05) is 6.61 Å². The highest BCUT2D eigenvalue weighted by molar-refractivity contribution is 6.36. The van der Waals surface area contributed by atoms with Crippen LogP contribution >= 0.6 is 23.2 Å². The summed E-state index contributed by atoms with van der Waals surface area (Å²) in [5.74, 6) is 0.504. The van der Waals surface area contributed by atoms with Crippen molar-refractivity contribution < 1.29 is 5.11 Å². The molecule has 0 aliphatic carbocycles. The summed E-state index contributed by atoms with van der Waals surface area (Å²) in [6.45, 7) is 1.67. The van der Waals surface area contributed by atoms with Gasteiger partial charge in [-0.3, -0.25) is 4.79 Å². The predicted molar refractivity (Wildman–Crippen MR) is 79.7 cm³/mol. The van der Waals surface area contributed by atoms with E-state index in [0.717, 1.165) is 5.56 Å². The van der Waals surface area contributed by atoms with E-state index >= 15 is 0 Å². The number of hydrogen-bond acceptors (Lipinski definition) is 3. The van der Waals surface area contributed by atoms with E-state index in [4.69, 9.17) is 28.3 Å². The molecule has 2 N–H and O–H groups in total. The van der Waals surface area contributed by atoms with Crippen LogP contribution < -0.4 is 5.56 Å². The molecule has 106 valence electrons. The van der Waals surface area contributed by atoms with Gasteiger partial charge in [0.1, 0.15) is 5.82 Å². The monoisotopic (exact) mass is 312 g/mol. The van der Waals surface area contributed by atoms with E-state index in [1.807, 2.05) is 0 Å². The van der Waals surface area contributed by atoms with Gasteiger partial charge >= 0.3 is 0 Å². The highest BCUT2D eigenvalue weighted by Crippen LogP contribution is 2.25. The fourth-order valence-corrected chi connectivity index (χ4v) is 2.56. The van der Waals surface area contributed by atoms with E-state index in [0.29, 0.717) is 40.0 Å². The maximum absolute atomic E-state index is 11.9. The quantitative estimate of drug-likeness (QED) is 0.911. The number of rotatable bonds is 4. The number of benzene rings is 1. The van der Waals surface area contributed by atoms with E-state index in [-0.39, 0.29) is 12.2 Å². The molecule has 0 aliphatic rings. The van der Waals surface area contributed by atoms with Crippen LogP contribution in [0, 0.1) is 6.92 Å². The highest BCUT2D eigenvalue weighted by atomic mass is 35.5. The van der Waals surface area contributed by atoms with Gasteiger partial charge in [-0.1, -0.05) is 29.3 Å². The fraction of sp³-hybridized carbons (Fsp3) is 0.286. The van der Waals surface area contributed by atoms with Gasteiger partial charge in [0.05, 0.1) is 0 Å². The molecule has 0 aliphatic heterocycles. The van der Waals surface area contributed by atoms with Crippen molar-refractivity contribution in [2.24, 2.45) is 0 Å². The number of hydrogen-bond donors (Lipinski definition) is 2. The first-order valence-corrected chi connectivity index (χ1v) is 6.91. The van der Waals surface area contributed by atoms with Crippen molar-refractivity contribution in [1.82, 2.24) is 9.97 Å². The second kappa shape index (κ2) is 6.39. The number of aromatic nitrogens is 2. The van der Waals surface area contributed by atoms with Crippen LogP contribution in [0.25, 0.3) is 0 Å². The molecule has 0 radical (unpaired) electrons. The van der Waals surface area contributed by atoms with E-state index in [1.54, 1.807) is 25.1 Å². The first kappa shape index (κ1) is 15.0. The summed E-state index contributed by atoms with van der Waals surface area (Å²) in [7, 11) is 0. The zero-order valence-electron chi connectivity index (χ0n) is 10.9. The van der Waals surface area contributed by atoms with Gasteiger partial charge in [0.15, 0.2) is 0 Å². The molecule has 1 aromatic heterocycles. The first-order valence-electron chi connectivity index (χ1n) is 6.15. The standard InChI is InChI=1S/C14H14Cl2N2O2/c1-8-9(5-6-19)14(20)18-13(17-8)7-10-11(15)3-2-4-12(10)16/h2-4,19H,5-7H2,1H3,(H,17,18,20). The van der Waals surface area contributed by atoms with Crippen molar-refractivity contribution in [2.45, 2.75) is 19.8 Å². The minimum atomic E-state index is -0.232. The Labute approximate surface area is 126 Å². The average Bonchev–Trinajstić information content (AvgIpc) is 2.38. The van der Waals surface area contributed by atoms with Crippen molar-refractivity contribution in [3.8, 4) is 0 Å². The van der Waals surface area contributed by atoms with Crippen LogP contribution in [0.15, 0.2) is 23.0 Å². The molecular formula is C14H14Cl2N2O2. The molecule has 0 spiro atoms. The Kier molecular flexibility index (Phi) is 4.81. The number of nitrogens with one attached hydrogen (secondary N) is 1. The summed E-state index contributed by atoms with van der Waals surface area (Å²) in [6, 6.07) is 5.25. The molecule has 0 fully saturated rings. The Morgan fingerprint density at radius 1 is 1.25 bits per heavy atom. The molecule has 6 heteroatoms. The number of aliphatic hydroxyl groups excluding tert-OH is 1. The number of aromatic amines is 1. The predicted octanol–water partition coefficient (Wildman–Crippen LogP) is 2.51. The van der Waals surface area contributed by atoms with Crippen molar-refractivity contribution in [1.29, 1.82) is 0 Å². The summed E-state index contributed by atoms with van der Waals surface area (Å²) in [5, 5.41) is 10.0. The topological polar surface area (TPSA) is 66.0 Å². The average molecular weight is 313 g/mol. The van der Waals surface area contributed by atoms with Gasteiger partial charge in [0.2, 0.25) is 0 Å². The normalized spacial score (nSPS) is 10.8. The van der Waals surface area contributed by atoms with E-state index in [1.165, 1.54) is 0 Å². The minimum absolute atomic E-state index is 0.0821. The van der Waals surface area contributed by atoms with Gasteiger partial charge < -0.3 is 10.1 Å². The smallest absolute Gasteiger partial charge is 0.254 e. The molecule has 2 rings (SSSR count). The largest absolute Gasteiger partial charge is 0.396 e. The number of nitrogens with zero attached hydrogens (tertiary/aromatic N) is 1. The van der Waals surface area contributed by atoms with Gasteiger partial charge in [-0.2, -0.15) is 0 Å². The number of halogens is 2. The SMILES string of the molecule is Cc1nc(Cc2c(Cl)cccc2Cl)[nH]c(=O)c1CCO. The van der Waals surface area contributed by atoms with Crippen LogP contribution in [0.4, 0.5) is 0 Å². The molecule has 0 bridgehead atoms. The number of aliphatic hydroxyl groups is 1. The molecule has 2 aromatic rings. The third kappa shape index (κ3) is 3.20. The third-order valence-corrected chi connectivity index (χ3v) is 3.75. The van der Waals surface area contributed by atoms with Crippen LogP contribution in [0.2, 0.25) is 10.0 Å². The summed E-state index contributed by atoms with van der Waals surface area (Å²) >= 11 is 12.2.